The quantitative estimate of drug-likeness (QED) is 0.339. The Labute approximate surface area is 106 Å². The zero-order valence-corrected chi connectivity index (χ0v) is 10.2. The predicted octanol–water partition coefficient (Wildman–Crippen LogP) is 2.15. The maximum Gasteiger partial charge on any atom is 0.500 e. The van der Waals surface area contributed by atoms with Crippen molar-refractivity contribution >= 4 is 12.6 Å². The Morgan fingerprint density at radius 3 is 1.58 bits per heavy atom. The summed E-state index contributed by atoms with van der Waals surface area (Å²) in [4.78, 5) is 0. The van der Waals surface area contributed by atoms with Crippen molar-refractivity contribution in [3.05, 3.63) is 29.1 Å². The van der Waals surface area contributed by atoms with E-state index in [0.29, 0.717) is 0 Å². The van der Waals surface area contributed by atoms with Gasteiger partial charge in [-0.25, -0.2) is 22.0 Å². The van der Waals surface area contributed by atoms with E-state index in [1.54, 1.807) is 13.8 Å². The van der Waals surface area contributed by atoms with Crippen LogP contribution in [-0.2, 0) is 9.31 Å². The summed E-state index contributed by atoms with van der Waals surface area (Å²) in [5.74, 6) is -10.1. The summed E-state index contributed by atoms with van der Waals surface area (Å²) >= 11 is 0. The molecule has 1 aromatic rings. The van der Waals surface area contributed by atoms with Gasteiger partial charge in [0.25, 0.3) is 0 Å². The predicted molar refractivity (Wildman–Crippen MR) is 57.3 cm³/mol. The van der Waals surface area contributed by atoms with E-state index in [9.17, 15) is 22.0 Å². The van der Waals surface area contributed by atoms with Crippen LogP contribution >= 0.6 is 0 Å². The number of benzene rings is 1. The van der Waals surface area contributed by atoms with Gasteiger partial charge in [0.15, 0.2) is 29.1 Å². The van der Waals surface area contributed by atoms with Crippen LogP contribution in [0.2, 0.25) is 0 Å². The van der Waals surface area contributed by atoms with Gasteiger partial charge in [-0.1, -0.05) is 13.8 Å². The molecule has 0 saturated carbocycles. The summed E-state index contributed by atoms with van der Waals surface area (Å²) in [6, 6.07) is 0. The Hall–Kier alpha value is -1.15. The highest BCUT2D eigenvalue weighted by Crippen LogP contribution is 2.24. The smallest absolute Gasteiger partial charge is 0.406 e. The van der Waals surface area contributed by atoms with Crippen LogP contribution in [0.1, 0.15) is 13.8 Å². The standard InChI is InChI=1S/C11H10BF5O2/c1-11(2)3-18-12(19-4-11)5-6(13)8(15)10(17)9(16)7(5)14/h3-4H2,1-2H3. The Bertz CT molecular complexity index is 481. The third-order valence-electron chi connectivity index (χ3n) is 2.73. The van der Waals surface area contributed by atoms with Crippen molar-refractivity contribution in [3.8, 4) is 0 Å². The van der Waals surface area contributed by atoms with Crippen LogP contribution in [0.5, 0.6) is 0 Å². The van der Waals surface area contributed by atoms with E-state index in [0.717, 1.165) is 0 Å². The van der Waals surface area contributed by atoms with Gasteiger partial charge in [0.05, 0.1) is 5.46 Å². The summed E-state index contributed by atoms with van der Waals surface area (Å²) in [5.41, 5.74) is -1.48. The molecule has 1 aliphatic heterocycles. The van der Waals surface area contributed by atoms with Gasteiger partial charge < -0.3 is 9.31 Å². The van der Waals surface area contributed by atoms with Gasteiger partial charge in [0, 0.05) is 18.6 Å². The van der Waals surface area contributed by atoms with Crippen LogP contribution in [0.15, 0.2) is 0 Å². The molecule has 0 bridgehead atoms. The molecule has 0 N–H and O–H groups in total. The third-order valence-corrected chi connectivity index (χ3v) is 2.73. The first-order valence-corrected chi connectivity index (χ1v) is 5.49. The largest absolute Gasteiger partial charge is 0.500 e. The van der Waals surface area contributed by atoms with Crippen LogP contribution < -0.4 is 5.46 Å². The normalized spacial score (nSPS) is 18.8. The molecular formula is C11H10BF5O2. The molecule has 1 aliphatic rings. The van der Waals surface area contributed by atoms with Crippen molar-refractivity contribution in [1.29, 1.82) is 0 Å². The van der Waals surface area contributed by atoms with Gasteiger partial charge in [0.1, 0.15) is 0 Å². The van der Waals surface area contributed by atoms with E-state index in [1.165, 1.54) is 0 Å². The molecule has 19 heavy (non-hydrogen) atoms. The molecule has 104 valence electrons. The molecule has 1 heterocycles. The molecule has 1 aromatic carbocycles. The molecule has 2 nitrogen and oxygen atoms in total. The van der Waals surface area contributed by atoms with E-state index in [1.807, 2.05) is 0 Å². The lowest BCUT2D eigenvalue weighted by molar-refractivity contribution is 0.0336. The molecule has 0 radical (unpaired) electrons. The molecular weight excluding hydrogens is 270 g/mol. The van der Waals surface area contributed by atoms with Crippen LogP contribution in [0.4, 0.5) is 22.0 Å². The van der Waals surface area contributed by atoms with Gasteiger partial charge in [-0.05, 0) is 0 Å². The Kier molecular flexibility index (Phi) is 3.57. The molecule has 8 heteroatoms. The van der Waals surface area contributed by atoms with E-state index in [-0.39, 0.29) is 18.6 Å². The molecule has 1 fully saturated rings. The van der Waals surface area contributed by atoms with Gasteiger partial charge in [-0.3, -0.25) is 0 Å². The SMILES string of the molecule is CC1(C)COB(c2c(F)c(F)c(F)c(F)c2F)OC1. The first-order valence-electron chi connectivity index (χ1n) is 5.49. The minimum atomic E-state index is -2.20. The van der Waals surface area contributed by atoms with Crippen LogP contribution in [0.25, 0.3) is 0 Å². The lowest BCUT2D eigenvalue weighted by Crippen LogP contribution is -2.50. The number of hydrogen-bond acceptors (Lipinski definition) is 2. The van der Waals surface area contributed by atoms with Crippen LogP contribution in [0.3, 0.4) is 0 Å². The fourth-order valence-corrected chi connectivity index (χ4v) is 1.69. The van der Waals surface area contributed by atoms with E-state index < -0.39 is 41.7 Å². The minimum absolute atomic E-state index is 0.0805. The van der Waals surface area contributed by atoms with Crippen molar-refractivity contribution in [2.24, 2.45) is 5.41 Å². The zero-order chi connectivity index (χ0) is 14.4. The third kappa shape index (κ3) is 2.46. The summed E-state index contributed by atoms with van der Waals surface area (Å²) in [6.07, 6.45) is 0. The summed E-state index contributed by atoms with van der Waals surface area (Å²) in [5, 5.41) is 0. The number of halogens is 5. The topological polar surface area (TPSA) is 18.5 Å². The second-order valence-corrected chi connectivity index (χ2v) is 5.10. The fraction of sp³-hybridized carbons (Fsp3) is 0.455. The van der Waals surface area contributed by atoms with Crippen molar-refractivity contribution in [3.63, 3.8) is 0 Å². The minimum Gasteiger partial charge on any atom is -0.406 e. The lowest BCUT2D eigenvalue weighted by atomic mass is 9.75. The molecule has 0 spiro atoms. The first kappa shape index (κ1) is 14.3. The monoisotopic (exact) mass is 280 g/mol. The highest BCUT2D eigenvalue weighted by molar-refractivity contribution is 6.61. The molecule has 0 unspecified atom stereocenters. The molecule has 2 rings (SSSR count). The maximum absolute atomic E-state index is 13.5. The Morgan fingerprint density at radius 1 is 0.789 bits per heavy atom. The van der Waals surface area contributed by atoms with E-state index in [4.69, 9.17) is 9.31 Å². The van der Waals surface area contributed by atoms with Crippen LogP contribution in [0, 0.1) is 34.5 Å². The average Bonchev–Trinajstić information content (AvgIpc) is 2.36. The maximum atomic E-state index is 13.5. The Balaban J connectivity index is 2.41. The lowest BCUT2D eigenvalue weighted by Gasteiger charge is -2.33. The number of hydrogen-bond donors (Lipinski definition) is 0. The van der Waals surface area contributed by atoms with Crippen molar-refractivity contribution in [2.45, 2.75) is 13.8 Å². The van der Waals surface area contributed by atoms with Gasteiger partial charge in [0.2, 0.25) is 0 Å². The van der Waals surface area contributed by atoms with Crippen molar-refractivity contribution < 1.29 is 31.3 Å². The number of rotatable bonds is 1. The van der Waals surface area contributed by atoms with Crippen LogP contribution in [-0.4, -0.2) is 20.3 Å². The highest BCUT2D eigenvalue weighted by Gasteiger charge is 2.40. The molecule has 0 aliphatic carbocycles. The van der Waals surface area contributed by atoms with Crippen molar-refractivity contribution in [1.82, 2.24) is 0 Å². The van der Waals surface area contributed by atoms with Crippen molar-refractivity contribution in [2.75, 3.05) is 13.2 Å². The summed E-state index contributed by atoms with van der Waals surface area (Å²) in [7, 11) is -1.60. The van der Waals surface area contributed by atoms with E-state index in [2.05, 4.69) is 0 Å². The summed E-state index contributed by atoms with van der Waals surface area (Å²) in [6.45, 7) is 3.72. The van der Waals surface area contributed by atoms with Gasteiger partial charge >= 0.3 is 7.12 Å². The van der Waals surface area contributed by atoms with Gasteiger partial charge in [-0.15, -0.1) is 0 Å². The zero-order valence-electron chi connectivity index (χ0n) is 10.2. The van der Waals surface area contributed by atoms with Gasteiger partial charge in [-0.2, -0.15) is 0 Å². The average molecular weight is 280 g/mol. The van der Waals surface area contributed by atoms with E-state index >= 15 is 0 Å². The second-order valence-electron chi connectivity index (χ2n) is 5.10. The molecule has 1 saturated heterocycles. The summed E-state index contributed by atoms with van der Waals surface area (Å²) < 4.78 is 76.0. The first-order chi connectivity index (χ1) is 8.74. The molecule has 0 amide bonds. The second kappa shape index (κ2) is 4.75. The molecule has 0 atom stereocenters. The fourth-order valence-electron chi connectivity index (χ4n) is 1.69. The molecule has 0 aromatic heterocycles. The highest BCUT2D eigenvalue weighted by atomic mass is 19.2. The Morgan fingerprint density at radius 2 is 1.16 bits per heavy atom.